The average Bonchev–Trinajstić information content (AvgIpc) is 3.31. The van der Waals surface area contributed by atoms with Crippen LogP contribution < -0.4 is 15.0 Å². The van der Waals surface area contributed by atoms with Gasteiger partial charge >= 0.3 is 0 Å². The number of benzene rings is 3. The maximum absolute atomic E-state index is 13.1. The lowest BCUT2D eigenvalue weighted by molar-refractivity contribution is -0.113. The van der Waals surface area contributed by atoms with Crippen LogP contribution in [0.25, 0.3) is 17.0 Å². The summed E-state index contributed by atoms with van der Waals surface area (Å²) in [6, 6.07) is 27.3. The first-order valence-corrected chi connectivity index (χ1v) is 10.8. The summed E-state index contributed by atoms with van der Waals surface area (Å²) in [4.78, 5) is 14.6. The van der Waals surface area contributed by atoms with Gasteiger partial charge in [-0.1, -0.05) is 54.6 Å². The number of rotatable bonds is 6. The van der Waals surface area contributed by atoms with Gasteiger partial charge in [0.15, 0.2) is 5.11 Å². The molecule has 1 aliphatic heterocycles. The summed E-state index contributed by atoms with van der Waals surface area (Å²) in [6.07, 6.45) is 3.92. The van der Waals surface area contributed by atoms with Gasteiger partial charge in [0.05, 0.1) is 12.2 Å². The molecular formula is C26H21N3O2S. The first-order chi connectivity index (χ1) is 15.7. The Morgan fingerprint density at radius 2 is 1.59 bits per heavy atom. The van der Waals surface area contributed by atoms with Crippen molar-refractivity contribution >= 4 is 45.9 Å². The van der Waals surface area contributed by atoms with Crippen molar-refractivity contribution < 1.29 is 9.53 Å². The van der Waals surface area contributed by atoms with Gasteiger partial charge in [-0.2, -0.15) is 0 Å². The predicted molar refractivity (Wildman–Crippen MR) is 132 cm³/mol. The van der Waals surface area contributed by atoms with Gasteiger partial charge in [-0.25, -0.2) is 0 Å². The Balaban J connectivity index is 1.41. The van der Waals surface area contributed by atoms with Crippen LogP contribution in [0.5, 0.6) is 5.75 Å². The Morgan fingerprint density at radius 3 is 2.38 bits per heavy atom. The average molecular weight is 440 g/mol. The molecule has 3 aromatic carbocycles. The topological polar surface area (TPSA) is 46.5 Å². The fraction of sp³-hybridized carbons (Fsp3) is 0.0769. The predicted octanol–water partition coefficient (Wildman–Crippen LogP) is 4.98. The van der Waals surface area contributed by atoms with Crippen LogP contribution in [0.15, 0.2) is 96.8 Å². The Kier molecular flexibility index (Phi) is 5.44. The van der Waals surface area contributed by atoms with E-state index in [1.54, 1.807) is 0 Å². The van der Waals surface area contributed by atoms with Crippen molar-refractivity contribution in [3.8, 4) is 5.75 Å². The number of hydrogen-bond acceptors (Lipinski definition) is 3. The second-order valence-electron chi connectivity index (χ2n) is 7.42. The van der Waals surface area contributed by atoms with E-state index < -0.39 is 0 Å². The Bertz CT molecular complexity index is 1310. The zero-order chi connectivity index (χ0) is 21.9. The smallest absolute Gasteiger partial charge is 0.281 e. The van der Waals surface area contributed by atoms with Crippen molar-refractivity contribution in [3.63, 3.8) is 0 Å². The minimum Gasteiger partial charge on any atom is -0.492 e. The normalized spacial score (nSPS) is 14.9. The third-order valence-corrected chi connectivity index (χ3v) is 5.64. The highest BCUT2D eigenvalue weighted by molar-refractivity contribution is 7.80. The summed E-state index contributed by atoms with van der Waals surface area (Å²) in [7, 11) is 0. The summed E-state index contributed by atoms with van der Waals surface area (Å²) < 4.78 is 8.02. The number of aromatic nitrogens is 1. The van der Waals surface area contributed by atoms with Gasteiger partial charge in [-0.3, -0.25) is 9.69 Å². The monoisotopic (exact) mass is 439 g/mol. The number of nitrogens with zero attached hydrogens (tertiary/aromatic N) is 2. The highest BCUT2D eigenvalue weighted by Crippen LogP contribution is 2.26. The molecule has 5 rings (SSSR count). The summed E-state index contributed by atoms with van der Waals surface area (Å²) in [6.45, 7) is 1.23. The SMILES string of the molecule is O=C1/C(=C\c2cn(CCOc3ccccc3)c3ccccc23)NC(=S)N1c1ccccc1. The molecule has 1 saturated heterocycles. The highest BCUT2D eigenvalue weighted by atomic mass is 32.1. The first-order valence-electron chi connectivity index (χ1n) is 10.4. The van der Waals surface area contributed by atoms with Crippen molar-refractivity contribution in [1.82, 2.24) is 9.88 Å². The molecule has 1 N–H and O–H groups in total. The van der Waals surface area contributed by atoms with E-state index in [-0.39, 0.29) is 5.91 Å². The maximum atomic E-state index is 13.1. The largest absolute Gasteiger partial charge is 0.492 e. The molecule has 32 heavy (non-hydrogen) atoms. The van der Waals surface area contributed by atoms with Crippen molar-refractivity contribution in [2.45, 2.75) is 6.54 Å². The maximum Gasteiger partial charge on any atom is 0.281 e. The van der Waals surface area contributed by atoms with Crippen LogP contribution in [-0.4, -0.2) is 22.2 Å². The molecule has 1 aromatic heterocycles. The molecule has 1 amide bonds. The minimum atomic E-state index is -0.162. The van der Waals surface area contributed by atoms with Gasteiger partial charge in [0.2, 0.25) is 0 Å². The zero-order valence-electron chi connectivity index (χ0n) is 17.3. The fourth-order valence-electron chi connectivity index (χ4n) is 3.86. The van der Waals surface area contributed by atoms with E-state index in [9.17, 15) is 4.79 Å². The van der Waals surface area contributed by atoms with E-state index in [1.807, 2.05) is 78.9 Å². The third kappa shape index (κ3) is 3.88. The Hall–Kier alpha value is -3.90. The molecule has 0 unspecified atom stereocenters. The van der Waals surface area contributed by atoms with Gasteiger partial charge in [0, 0.05) is 22.7 Å². The molecule has 1 fully saturated rings. The molecule has 0 atom stereocenters. The first kappa shape index (κ1) is 20.0. The van der Waals surface area contributed by atoms with Crippen LogP contribution in [0.1, 0.15) is 5.56 Å². The lowest BCUT2D eigenvalue weighted by Crippen LogP contribution is -2.30. The van der Waals surface area contributed by atoms with Crippen LogP contribution >= 0.6 is 12.2 Å². The molecule has 0 bridgehead atoms. The number of anilines is 1. The number of carbonyl (C=O) groups excluding carboxylic acids is 1. The molecule has 0 radical (unpaired) electrons. The number of thiocarbonyl (C=S) groups is 1. The van der Waals surface area contributed by atoms with E-state index in [0.29, 0.717) is 24.0 Å². The fourth-order valence-corrected chi connectivity index (χ4v) is 4.15. The summed E-state index contributed by atoms with van der Waals surface area (Å²) in [5, 5.41) is 4.52. The molecule has 6 heteroatoms. The molecule has 2 heterocycles. The van der Waals surface area contributed by atoms with Crippen LogP contribution in [-0.2, 0) is 11.3 Å². The van der Waals surface area contributed by atoms with Gasteiger partial charge in [-0.05, 0) is 48.6 Å². The highest BCUT2D eigenvalue weighted by Gasteiger charge is 2.32. The van der Waals surface area contributed by atoms with Gasteiger partial charge < -0.3 is 14.6 Å². The number of para-hydroxylation sites is 3. The minimum absolute atomic E-state index is 0.162. The molecule has 158 valence electrons. The van der Waals surface area contributed by atoms with Crippen LogP contribution in [0, 0.1) is 0 Å². The second-order valence-corrected chi connectivity index (χ2v) is 7.81. The van der Waals surface area contributed by atoms with Crippen LogP contribution in [0.3, 0.4) is 0 Å². The number of hydrogen-bond donors (Lipinski definition) is 1. The third-order valence-electron chi connectivity index (χ3n) is 5.36. The Morgan fingerprint density at radius 1 is 0.906 bits per heavy atom. The molecular weight excluding hydrogens is 418 g/mol. The van der Waals surface area contributed by atoms with Crippen LogP contribution in [0.4, 0.5) is 5.69 Å². The standard InChI is InChI=1S/C26H21N3O2S/c30-25-23(27-26(32)29(25)20-9-3-1-4-10-20)17-19-18-28(24-14-8-7-13-22(19)24)15-16-31-21-11-5-2-6-12-21/h1-14,17-18H,15-16H2,(H,27,32)/b23-17+. The van der Waals surface area contributed by atoms with E-state index in [2.05, 4.69) is 28.2 Å². The van der Waals surface area contributed by atoms with E-state index in [4.69, 9.17) is 17.0 Å². The van der Waals surface area contributed by atoms with Gasteiger partial charge in [0.1, 0.15) is 18.1 Å². The van der Waals surface area contributed by atoms with E-state index in [1.165, 1.54) is 4.90 Å². The number of carbonyl (C=O) groups is 1. The van der Waals surface area contributed by atoms with Crippen LogP contribution in [0.2, 0.25) is 0 Å². The van der Waals surface area contributed by atoms with Crippen molar-refractivity contribution in [1.29, 1.82) is 0 Å². The van der Waals surface area contributed by atoms with Crippen molar-refractivity contribution in [3.05, 3.63) is 102 Å². The number of ether oxygens (including phenoxy) is 1. The summed E-state index contributed by atoms with van der Waals surface area (Å²) in [5.41, 5.74) is 3.25. The quantitative estimate of drug-likeness (QED) is 0.340. The second kappa shape index (κ2) is 8.69. The Labute approximate surface area is 191 Å². The summed E-state index contributed by atoms with van der Waals surface area (Å²) >= 11 is 5.43. The van der Waals surface area contributed by atoms with Crippen molar-refractivity contribution in [2.24, 2.45) is 0 Å². The van der Waals surface area contributed by atoms with Gasteiger partial charge in [0.25, 0.3) is 5.91 Å². The van der Waals surface area contributed by atoms with Crippen molar-refractivity contribution in [2.75, 3.05) is 11.5 Å². The summed E-state index contributed by atoms with van der Waals surface area (Å²) in [5.74, 6) is 0.687. The molecule has 0 saturated carbocycles. The lowest BCUT2D eigenvalue weighted by atomic mass is 10.1. The molecule has 0 spiro atoms. The van der Waals surface area contributed by atoms with E-state index >= 15 is 0 Å². The molecule has 1 aliphatic rings. The molecule has 5 nitrogen and oxygen atoms in total. The lowest BCUT2D eigenvalue weighted by Gasteiger charge is -2.13. The van der Waals surface area contributed by atoms with Gasteiger partial charge in [-0.15, -0.1) is 0 Å². The number of fused-ring (bicyclic) bond motifs is 1. The number of nitrogens with one attached hydrogen (secondary N) is 1. The molecule has 0 aliphatic carbocycles. The zero-order valence-corrected chi connectivity index (χ0v) is 18.1. The molecule has 4 aromatic rings. The number of amides is 1. The van der Waals surface area contributed by atoms with E-state index in [0.717, 1.165) is 27.9 Å².